The van der Waals surface area contributed by atoms with E-state index in [1.165, 1.54) is 12.1 Å². The highest BCUT2D eigenvalue weighted by Crippen LogP contribution is 2.12. The molecule has 0 spiro atoms. The average Bonchev–Trinajstić information content (AvgIpc) is 2.94. The highest BCUT2D eigenvalue weighted by molar-refractivity contribution is 5.80. The lowest BCUT2D eigenvalue weighted by molar-refractivity contribution is -0.133. The molecule has 0 N–H and O–H groups in total. The molecule has 1 heterocycles. The molecule has 24 heavy (non-hydrogen) atoms. The van der Waals surface area contributed by atoms with Crippen molar-refractivity contribution >= 4 is 11.8 Å². The second-order valence-corrected chi connectivity index (χ2v) is 6.48. The second-order valence-electron chi connectivity index (χ2n) is 6.48. The molecule has 5 nitrogen and oxygen atoms in total. The summed E-state index contributed by atoms with van der Waals surface area (Å²) in [4.78, 5) is 29.7. The molecule has 0 saturated carbocycles. The Bertz CT molecular complexity index is 577. The quantitative estimate of drug-likeness (QED) is 0.727. The lowest BCUT2D eigenvalue weighted by atomic mass is 10.2. The standard InChI is InChI=1S/C18H26FN3O2/c1-20(2)11-12-22(14-15-5-3-6-16(19)13-15)18(24)8-10-21-9-4-7-17(21)23/h3,5-6,13H,4,7-12,14H2,1-2H3. The van der Waals surface area contributed by atoms with Gasteiger partial charge in [0, 0.05) is 45.6 Å². The number of carbonyl (C=O) groups excluding carboxylic acids is 2. The summed E-state index contributed by atoms with van der Waals surface area (Å²) >= 11 is 0. The number of hydrogen-bond donors (Lipinski definition) is 0. The second kappa shape index (κ2) is 8.78. The Kier molecular flexibility index (Phi) is 6.73. The number of likely N-dealkylation sites (N-methyl/N-ethyl adjacent to an activating group) is 1. The molecule has 1 aliphatic rings. The van der Waals surface area contributed by atoms with E-state index < -0.39 is 0 Å². The average molecular weight is 335 g/mol. The van der Waals surface area contributed by atoms with Crippen LogP contribution < -0.4 is 0 Å². The minimum Gasteiger partial charge on any atom is -0.342 e. The van der Waals surface area contributed by atoms with Crippen LogP contribution in [0.1, 0.15) is 24.8 Å². The van der Waals surface area contributed by atoms with Crippen LogP contribution in [-0.2, 0) is 16.1 Å². The number of hydrogen-bond acceptors (Lipinski definition) is 3. The van der Waals surface area contributed by atoms with Crippen molar-refractivity contribution < 1.29 is 14.0 Å². The summed E-state index contributed by atoms with van der Waals surface area (Å²) in [6.07, 6.45) is 1.77. The van der Waals surface area contributed by atoms with Gasteiger partial charge in [-0.15, -0.1) is 0 Å². The van der Waals surface area contributed by atoms with Crippen molar-refractivity contribution in [2.45, 2.75) is 25.8 Å². The molecule has 0 aromatic heterocycles. The zero-order chi connectivity index (χ0) is 17.5. The Balaban J connectivity index is 1.95. The third kappa shape index (κ3) is 5.60. The van der Waals surface area contributed by atoms with E-state index in [2.05, 4.69) is 0 Å². The molecule has 1 fully saturated rings. The molecule has 0 radical (unpaired) electrons. The molecular weight excluding hydrogens is 309 g/mol. The Morgan fingerprint density at radius 2 is 2.08 bits per heavy atom. The van der Waals surface area contributed by atoms with Gasteiger partial charge in [0.25, 0.3) is 0 Å². The van der Waals surface area contributed by atoms with Gasteiger partial charge >= 0.3 is 0 Å². The molecule has 132 valence electrons. The van der Waals surface area contributed by atoms with Gasteiger partial charge in [-0.1, -0.05) is 12.1 Å². The van der Waals surface area contributed by atoms with Crippen molar-refractivity contribution in [2.24, 2.45) is 0 Å². The summed E-state index contributed by atoms with van der Waals surface area (Å²) in [5.41, 5.74) is 0.777. The first-order valence-electron chi connectivity index (χ1n) is 8.40. The molecule has 0 unspecified atom stereocenters. The summed E-state index contributed by atoms with van der Waals surface area (Å²) in [5, 5.41) is 0. The minimum absolute atomic E-state index is 0.000751. The van der Waals surface area contributed by atoms with Crippen LogP contribution in [0.4, 0.5) is 4.39 Å². The molecule has 1 aromatic rings. The zero-order valence-electron chi connectivity index (χ0n) is 14.5. The van der Waals surface area contributed by atoms with Crippen LogP contribution in [0.25, 0.3) is 0 Å². The number of amides is 2. The van der Waals surface area contributed by atoms with Crippen LogP contribution in [0.2, 0.25) is 0 Å². The summed E-state index contributed by atoms with van der Waals surface area (Å²) in [7, 11) is 3.90. The number of carbonyl (C=O) groups is 2. The molecular formula is C18H26FN3O2. The fourth-order valence-electron chi connectivity index (χ4n) is 2.80. The van der Waals surface area contributed by atoms with Crippen LogP contribution >= 0.6 is 0 Å². The minimum atomic E-state index is -0.296. The Morgan fingerprint density at radius 3 is 2.71 bits per heavy atom. The smallest absolute Gasteiger partial charge is 0.224 e. The van der Waals surface area contributed by atoms with E-state index in [1.807, 2.05) is 25.1 Å². The van der Waals surface area contributed by atoms with Crippen molar-refractivity contribution in [3.05, 3.63) is 35.6 Å². The van der Waals surface area contributed by atoms with Crippen LogP contribution in [-0.4, -0.2) is 66.8 Å². The molecule has 1 saturated heterocycles. The summed E-state index contributed by atoms with van der Waals surface area (Å²) < 4.78 is 13.4. The van der Waals surface area contributed by atoms with Gasteiger partial charge < -0.3 is 14.7 Å². The van der Waals surface area contributed by atoms with E-state index in [0.29, 0.717) is 32.5 Å². The SMILES string of the molecule is CN(C)CCN(Cc1cccc(F)c1)C(=O)CCN1CCCC1=O. The highest BCUT2D eigenvalue weighted by Gasteiger charge is 2.22. The molecule has 0 atom stereocenters. The maximum Gasteiger partial charge on any atom is 0.224 e. The van der Waals surface area contributed by atoms with E-state index in [4.69, 9.17) is 0 Å². The van der Waals surface area contributed by atoms with Crippen molar-refractivity contribution in [2.75, 3.05) is 40.3 Å². The fourth-order valence-corrected chi connectivity index (χ4v) is 2.80. The summed E-state index contributed by atoms with van der Waals surface area (Å²) in [6, 6.07) is 6.33. The lowest BCUT2D eigenvalue weighted by Gasteiger charge is -2.26. The molecule has 2 amide bonds. The van der Waals surface area contributed by atoms with Crippen LogP contribution in [0, 0.1) is 5.82 Å². The summed E-state index contributed by atoms with van der Waals surface area (Å²) in [5.74, 6) is -0.163. The van der Waals surface area contributed by atoms with Gasteiger partial charge in [-0.25, -0.2) is 4.39 Å². The predicted octanol–water partition coefficient (Wildman–Crippen LogP) is 1.73. The number of likely N-dealkylation sites (tertiary alicyclic amines) is 1. The summed E-state index contributed by atoms with van der Waals surface area (Å²) in [6.45, 7) is 2.92. The Labute approximate surface area is 143 Å². The van der Waals surface area contributed by atoms with Gasteiger partial charge in [0.1, 0.15) is 5.82 Å². The molecule has 1 aromatic carbocycles. The monoisotopic (exact) mass is 335 g/mol. The zero-order valence-corrected chi connectivity index (χ0v) is 14.5. The van der Waals surface area contributed by atoms with Gasteiger partial charge in [-0.05, 0) is 38.2 Å². The first-order chi connectivity index (χ1) is 11.5. The predicted molar refractivity (Wildman–Crippen MR) is 90.8 cm³/mol. The maximum atomic E-state index is 13.4. The van der Waals surface area contributed by atoms with Crippen molar-refractivity contribution in [3.8, 4) is 0 Å². The van der Waals surface area contributed by atoms with Gasteiger partial charge in [0.15, 0.2) is 0 Å². The number of benzene rings is 1. The molecule has 6 heteroatoms. The molecule has 0 bridgehead atoms. The Hall–Kier alpha value is -1.95. The molecule has 2 rings (SSSR count). The highest BCUT2D eigenvalue weighted by atomic mass is 19.1. The van der Waals surface area contributed by atoms with Gasteiger partial charge in [0.2, 0.25) is 11.8 Å². The van der Waals surface area contributed by atoms with E-state index in [1.54, 1.807) is 15.9 Å². The van der Waals surface area contributed by atoms with Crippen molar-refractivity contribution in [3.63, 3.8) is 0 Å². The van der Waals surface area contributed by atoms with Crippen LogP contribution in [0.5, 0.6) is 0 Å². The van der Waals surface area contributed by atoms with E-state index in [9.17, 15) is 14.0 Å². The number of halogens is 1. The van der Waals surface area contributed by atoms with E-state index in [-0.39, 0.29) is 17.6 Å². The first-order valence-corrected chi connectivity index (χ1v) is 8.40. The number of rotatable bonds is 8. The topological polar surface area (TPSA) is 43.9 Å². The molecule has 0 aliphatic carbocycles. The normalized spacial score (nSPS) is 14.5. The fraction of sp³-hybridized carbons (Fsp3) is 0.556. The van der Waals surface area contributed by atoms with Crippen molar-refractivity contribution in [1.82, 2.24) is 14.7 Å². The maximum absolute atomic E-state index is 13.4. The third-order valence-corrected chi connectivity index (χ3v) is 4.20. The van der Waals surface area contributed by atoms with Gasteiger partial charge in [0.05, 0.1) is 0 Å². The van der Waals surface area contributed by atoms with Gasteiger partial charge in [-0.2, -0.15) is 0 Å². The third-order valence-electron chi connectivity index (χ3n) is 4.20. The molecule has 1 aliphatic heterocycles. The van der Waals surface area contributed by atoms with Crippen LogP contribution in [0.15, 0.2) is 24.3 Å². The largest absolute Gasteiger partial charge is 0.342 e. The number of nitrogens with zero attached hydrogens (tertiary/aromatic N) is 3. The lowest BCUT2D eigenvalue weighted by Crippen LogP contribution is -2.38. The Morgan fingerprint density at radius 1 is 1.29 bits per heavy atom. The van der Waals surface area contributed by atoms with Crippen molar-refractivity contribution in [1.29, 1.82) is 0 Å². The van der Waals surface area contributed by atoms with Gasteiger partial charge in [-0.3, -0.25) is 9.59 Å². The van der Waals surface area contributed by atoms with E-state index in [0.717, 1.165) is 25.1 Å². The van der Waals surface area contributed by atoms with E-state index >= 15 is 0 Å². The first kappa shape index (κ1) is 18.4. The van der Waals surface area contributed by atoms with Crippen LogP contribution in [0.3, 0.4) is 0 Å².